The molecule has 0 aromatic carbocycles. The summed E-state index contributed by atoms with van der Waals surface area (Å²) in [6, 6.07) is 5.96. The first-order chi connectivity index (χ1) is 8.79. The van der Waals surface area contributed by atoms with E-state index in [2.05, 4.69) is 20.1 Å². The standard InChI is InChI=1S/C13H20N4O/c1-2-14-13(18)11-16-7-9-17(10-8-16)12-5-3-4-6-15-12/h3-6H,2,7-11H2,1H3,(H,14,18). The van der Waals surface area contributed by atoms with Crippen molar-refractivity contribution in [2.75, 3.05) is 44.2 Å². The molecular weight excluding hydrogens is 228 g/mol. The van der Waals surface area contributed by atoms with Crippen LogP contribution in [0.4, 0.5) is 5.82 Å². The van der Waals surface area contributed by atoms with Crippen molar-refractivity contribution in [1.29, 1.82) is 0 Å². The van der Waals surface area contributed by atoms with Crippen molar-refractivity contribution in [3.05, 3.63) is 24.4 Å². The maximum atomic E-state index is 11.5. The van der Waals surface area contributed by atoms with Crippen LogP contribution in [0.15, 0.2) is 24.4 Å². The lowest BCUT2D eigenvalue weighted by Crippen LogP contribution is -2.49. The molecule has 98 valence electrons. The van der Waals surface area contributed by atoms with Gasteiger partial charge in [0.15, 0.2) is 0 Å². The summed E-state index contributed by atoms with van der Waals surface area (Å²) in [5, 5.41) is 2.83. The number of pyridine rings is 1. The zero-order valence-corrected chi connectivity index (χ0v) is 10.8. The zero-order valence-electron chi connectivity index (χ0n) is 10.8. The SMILES string of the molecule is CCNC(=O)CN1CCN(c2ccccn2)CC1. The van der Waals surface area contributed by atoms with Crippen LogP contribution in [0.1, 0.15) is 6.92 Å². The molecule has 0 aliphatic carbocycles. The summed E-state index contributed by atoms with van der Waals surface area (Å²) < 4.78 is 0. The van der Waals surface area contributed by atoms with E-state index < -0.39 is 0 Å². The maximum Gasteiger partial charge on any atom is 0.234 e. The molecule has 18 heavy (non-hydrogen) atoms. The Bertz CT molecular complexity index is 374. The molecular formula is C13H20N4O. The van der Waals surface area contributed by atoms with Crippen LogP contribution in [0.5, 0.6) is 0 Å². The first-order valence-corrected chi connectivity index (χ1v) is 6.44. The lowest BCUT2D eigenvalue weighted by Gasteiger charge is -2.34. The molecule has 1 aliphatic rings. The van der Waals surface area contributed by atoms with Crippen molar-refractivity contribution in [2.24, 2.45) is 0 Å². The van der Waals surface area contributed by atoms with Crippen LogP contribution in [0, 0.1) is 0 Å². The summed E-state index contributed by atoms with van der Waals surface area (Å²) in [5.74, 6) is 1.14. The largest absolute Gasteiger partial charge is 0.355 e. The second-order valence-electron chi connectivity index (χ2n) is 4.40. The fourth-order valence-corrected chi connectivity index (χ4v) is 2.13. The highest BCUT2D eigenvalue weighted by atomic mass is 16.2. The van der Waals surface area contributed by atoms with Crippen molar-refractivity contribution >= 4 is 11.7 Å². The van der Waals surface area contributed by atoms with E-state index in [9.17, 15) is 4.79 Å². The van der Waals surface area contributed by atoms with Crippen LogP contribution in [0.25, 0.3) is 0 Å². The zero-order chi connectivity index (χ0) is 12.8. The highest BCUT2D eigenvalue weighted by molar-refractivity contribution is 5.77. The predicted octanol–water partition coefficient (Wildman–Crippen LogP) is 0.340. The third-order valence-corrected chi connectivity index (χ3v) is 3.09. The third kappa shape index (κ3) is 3.43. The molecule has 1 aromatic rings. The quantitative estimate of drug-likeness (QED) is 0.835. The molecule has 0 radical (unpaired) electrons. The number of hydrogen-bond acceptors (Lipinski definition) is 4. The monoisotopic (exact) mass is 248 g/mol. The van der Waals surface area contributed by atoms with Gasteiger partial charge >= 0.3 is 0 Å². The third-order valence-electron chi connectivity index (χ3n) is 3.09. The molecule has 1 fully saturated rings. The van der Waals surface area contributed by atoms with E-state index in [-0.39, 0.29) is 5.91 Å². The first kappa shape index (κ1) is 12.8. The molecule has 5 nitrogen and oxygen atoms in total. The van der Waals surface area contributed by atoms with E-state index in [1.165, 1.54) is 0 Å². The van der Waals surface area contributed by atoms with Crippen molar-refractivity contribution in [2.45, 2.75) is 6.92 Å². The van der Waals surface area contributed by atoms with Crippen molar-refractivity contribution < 1.29 is 4.79 Å². The van der Waals surface area contributed by atoms with Gasteiger partial charge in [0.1, 0.15) is 5.82 Å². The van der Waals surface area contributed by atoms with Gasteiger partial charge in [0.05, 0.1) is 6.54 Å². The van der Waals surface area contributed by atoms with E-state index in [1.54, 1.807) is 0 Å². The summed E-state index contributed by atoms with van der Waals surface area (Å²) in [6.45, 7) is 6.82. The van der Waals surface area contributed by atoms with E-state index >= 15 is 0 Å². The van der Waals surface area contributed by atoms with Crippen LogP contribution in [-0.4, -0.2) is 55.1 Å². The number of piperazine rings is 1. The Hall–Kier alpha value is -1.62. The number of rotatable bonds is 4. The number of likely N-dealkylation sites (N-methyl/N-ethyl adjacent to an activating group) is 1. The van der Waals surface area contributed by atoms with Crippen LogP contribution in [0.3, 0.4) is 0 Å². The van der Waals surface area contributed by atoms with Crippen LogP contribution >= 0.6 is 0 Å². The van der Waals surface area contributed by atoms with Crippen LogP contribution in [0.2, 0.25) is 0 Å². The average molecular weight is 248 g/mol. The van der Waals surface area contributed by atoms with Gasteiger partial charge in [0, 0.05) is 38.9 Å². The number of amides is 1. The smallest absolute Gasteiger partial charge is 0.234 e. The number of hydrogen-bond donors (Lipinski definition) is 1. The fourth-order valence-electron chi connectivity index (χ4n) is 2.13. The molecule has 1 aromatic heterocycles. The van der Waals surface area contributed by atoms with Gasteiger partial charge in [-0.1, -0.05) is 6.07 Å². The van der Waals surface area contributed by atoms with Gasteiger partial charge in [-0.25, -0.2) is 4.98 Å². The molecule has 1 amide bonds. The van der Waals surface area contributed by atoms with E-state index in [0.717, 1.165) is 32.0 Å². The Morgan fingerprint density at radius 3 is 2.72 bits per heavy atom. The topological polar surface area (TPSA) is 48.5 Å². The number of nitrogens with one attached hydrogen (secondary N) is 1. The van der Waals surface area contributed by atoms with Gasteiger partial charge in [0.25, 0.3) is 0 Å². The Labute approximate surface area is 108 Å². The second-order valence-corrected chi connectivity index (χ2v) is 4.40. The predicted molar refractivity (Wildman–Crippen MR) is 71.6 cm³/mol. The van der Waals surface area contributed by atoms with Crippen LogP contribution < -0.4 is 10.2 Å². The molecule has 5 heteroatoms. The van der Waals surface area contributed by atoms with Crippen molar-refractivity contribution in [3.8, 4) is 0 Å². The number of carbonyl (C=O) groups is 1. The lowest BCUT2D eigenvalue weighted by atomic mass is 10.3. The van der Waals surface area contributed by atoms with Crippen molar-refractivity contribution in [3.63, 3.8) is 0 Å². The summed E-state index contributed by atoms with van der Waals surface area (Å²) in [6.07, 6.45) is 1.82. The molecule has 2 rings (SSSR count). The van der Waals surface area contributed by atoms with E-state index in [4.69, 9.17) is 0 Å². The number of nitrogens with zero attached hydrogens (tertiary/aromatic N) is 3. The minimum atomic E-state index is 0.115. The Balaban J connectivity index is 1.80. The van der Waals surface area contributed by atoms with Gasteiger partial charge in [-0.3, -0.25) is 9.69 Å². The normalized spacial score (nSPS) is 16.6. The lowest BCUT2D eigenvalue weighted by molar-refractivity contribution is -0.122. The minimum Gasteiger partial charge on any atom is -0.355 e. The highest BCUT2D eigenvalue weighted by Gasteiger charge is 2.19. The van der Waals surface area contributed by atoms with Gasteiger partial charge in [0.2, 0.25) is 5.91 Å². The molecule has 0 unspecified atom stereocenters. The maximum absolute atomic E-state index is 11.5. The summed E-state index contributed by atoms with van der Waals surface area (Å²) >= 11 is 0. The van der Waals surface area contributed by atoms with Gasteiger partial charge in [-0.15, -0.1) is 0 Å². The average Bonchev–Trinajstić information content (AvgIpc) is 2.41. The van der Waals surface area contributed by atoms with Crippen molar-refractivity contribution in [1.82, 2.24) is 15.2 Å². The first-order valence-electron chi connectivity index (χ1n) is 6.44. The Morgan fingerprint density at radius 2 is 2.11 bits per heavy atom. The van der Waals surface area contributed by atoms with Gasteiger partial charge < -0.3 is 10.2 Å². The van der Waals surface area contributed by atoms with E-state index in [0.29, 0.717) is 13.1 Å². The number of aromatic nitrogens is 1. The van der Waals surface area contributed by atoms with Crippen LogP contribution in [-0.2, 0) is 4.79 Å². The molecule has 1 aliphatic heterocycles. The highest BCUT2D eigenvalue weighted by Crippen LogP contribution is 2.11. The van der Waals surface area contributed by atoms with E-state index in [1.807, 2.05) is 31.3 Å². The minimum absolute atomic E-state index is 0.115. The molecule has 0 saturated carbocycles. The second kappa shape index (κ2) is 6.35. The number of carbonyl (C=O) groups excluding carboxylic acids is 1. The molecule has 1 saturated heterocycles. The Morgan fingerprint density at radius 1 is 1.33 bits per heavy atom. The molecule has 2 heterocycles. The molecule has 0 bridgehead atoms. The van der Waals surface area contributed by atoms with Gasteiger partial charge in [-0.05, 0) is 19.1 Å². The van der Waals surface area contributed by atoms with Gasteiger partial charge in [-0.2, -0.15) is 0 Å². The molecule has 0 spiro atoms. The molecule has 1 N–H and O–H groups in total. The fraction of sp³-hybridized carbons (Fsp3) is 0.538. The summed E-state index contributed by atoms with van der Waals surface area (Å²) in [5.41, 5.74) is 0. The summed E-state index contributed by atoms with van der Waals surface area (Å²) in [4.78, 5) is 20.3. The summed E-state index contributed by atoms with van der Waals surface area (Å²) in [7, 11) is 0. The number of anilines is 1. The molecule has 0 atom stereocenters. The Kier molecular flexibility index (Phi) is 4.52.